The third-order valence-corrected chi connectivity index (χ3v) is 5.07. The molecule has 6 N–H and O–H groups in total. The number of carboxylic acids is 1. The van der Waals surface area contributed by atoms with Crippen molar-refractivity contribution in [1.29, 1.82) is 0 Å². The molecule has 0 aliphatic carbocycles. The lowest BCUT2D eigenvalue weighted by Gasteiger charge is -2.25. The van der Waals surface area contributed by atoms with E-state index in [1.54, 1.807) is 6.20 Å². The summed E-state index contributed by atoms with van der Waals surface area (Å²) in [5.74, 6) is -2.05. The smallest absolute Gasteiger partial charge is 0.326 e. The van der Waals surface area contributed by atoms with Crippen LogP contribution in [0.2, 0.25) is 0 Å². The van der Waals surface area contributed by atoms with E-state index >= 15 is 0 Å². The van der Waals surface area contributed by atoms with Gasteiger partial charge in [0.2, 0.25) is 11.8 Å². The molecule has 0 aliphatic rings. The van der Waals surface area contributed by atoms with E-state index in [0.717, 1.165) is 16.5 Å². The van der Waals surface area contributed by atoms with E-state index in [9.17, 15) is 19.5 Å². The van der Waals surface area contributed by atoms with E-state index in [1.165, 1.54) is 0 Å². The number of para-hydroxylation sites is 1. The number of nitrogens with one attached hydrogen (secondary N) is 3. The van der Waals surface area contributed by atoms with Gasteiger partial charge in [0, 0.05) is 23.5 Å². The van der Waals surface area contributed by atoms with E-state index in [-0.39, 0.29) is 18.3 Å². The molecule has 1 aromatic heterocycles. The van der Waals surface area contributed by atoms with Crippen LogP contribution in [0.5, 0.6) is 0 Å². The number of hydrogen-bond acceptors (Lipinski definition) is 4. The summed E-state index contributed by atoms with van der Waals surface area (Å²) >= 11 is 0. The number of H-pyrrole nitrogens is 1. The molecule has 8 heteroatoms. The van der Waals surface area contributed by atoms with Crippen LogP contribution in [-0.2, 0) is 20.8 Å². The average molecular weight is 417 g/mol. The summed E-state index contributed by atoms with van der Waals surface area (Å²) in [5.41, 5.74) is 7.59. The van der Waals surface area contributed by atoms with Crippen LogP contribution in [0.4, 0.5) is 0 Å². The number of aromatic amines is 1. The molecular formula is C22H32N4O4. The van der Waals surface area contributed by atoms with E-state index < -0.39 is 35.9 Å². The minimum atomic E-state index is -1.14. The minimum absolute atomic E-state index is 0.0820. The van der Waals surface area contributed by atoms with Crippen molar-refractivity contribution in [3.8, 4) is 0 Å². The van der Waals surface area contributed by atoms with Crippen LogP contribution in [0.1, 0.15) is 39.7 Å². The van der Waals surface area contributed by atoms with Gasteiger partial charge in [-0.15, -0.1) is 0 Å². The fourth-order valence-corrected chi connectivity index (χ4v) is 3.27. The van der Waals surface area contributed by atoms with Crippen LogP contribution < -0.4 is 16.4 Å². The van der Waals surface area contributed by atoms with Crippen molar-refractivity contribution < 1.29 is 19.5 Å². The van der Waals surface area contributed by atoms with Crippen molar-refractivity contribution >= 4 is 28.7 Å². The van der Waals surface area contributed by atoms with Gasteiger partial charge in [0.1, 0.15) is 12.1 Å². The molecule has 3 atom stereocenters. The molecule has 0 aliphatic heterocycles. The lowest BCUT2D eigenvalue weighted by Crippen LogP contribution is -2.55. The quantitative estimate of drug-likeness (QED) is 0.402. The lowest BCUT2D eigenvalue weighted by atomic mass is 9.99. The third-order valence-electron chi connectivity index (χ3n) is 5.07. The number of carbonyl (C=O) groups is 3. The number of aliphatic carboxylic acids is 1. The molecule has 1 aromatic carbocycles. The Balaban J connectivity index is 2.15. The van der Waals surface area contributed by atoms with Gasteiger partial charge in [0.15, 0.2) is 0 Å². The van der Waals surface area contributed by atoms with Gasteiger partial charge >= 0.3 is 5.97 Å². The van der Waals surface area contributed by atoms with E-state index in [1.807, 2.05) is 52.0 Å². The monoisotopic (exact) mass is 416 g/mol. The normalized spacial score (nSPS) is 14.5. The highest BCUT2D eigenvalue weighted by Gasteiger charge is 2.29. The Labute approximate surface area is 176 Å². The zero-order valence-electron chi connectivity index (χ0n) is 17.9. The Morgan fingerprint density at radius 3 is 2.27 bits per heavy atom. The molecule has 0 radical (unpaired) electrons. The molecule has 0 spiro atoms. The number of rotatable bonds is 10. The van der Waals surface area contributed by atoms with E-state index in [2.05, 4.69) is 15.6 Å². The summed E-state index contributed by atoms with van der Waals surface area (Å²) in [6, 6.07) is 4.85. The molecular weight excluding hydrogens is 384 g/mol. The Morgan fingerprint density at radius 2 is 1.67 bits per heavy atom. The van der Waals surface area contributed by atoms with Crippen LogP contribution >= 0.6 is 0 Å². The first-order chi connectivity index (χ1) is 14.1. The number of hydrogen-bond donors (Lipinski definition) is 5. The summed E-state index contributed by atoms with van der Waals surface area (Å²) in [6.07, 6.45) is 2.25. The Bertz CT molecular complexity index is 890. The second kappa shape index (κ2) is 10.2. The standard InChI is InChI=1S/C22H32N4O4/c1-12(2)9-17(25-21(28)19(23)13(3)4)20(27)26-18(22(29)30)10-14-11-24-16-8-6-5-7-15(14)16/h5-8,11-13,17-19,24H,9-10,23H2,1-4H3,(H,25,28)(H,26,27)(H,29,30)/t17-,18-,19-/m0/s1. The molecule has 1 heterocycles. The number of benzene rings is 1. The van der Waals surface area contributed by atoms with E-state index in [4.69, 9.17) is 5.73 Å². The van der Waals surface area contributed by atoms with Gasteiger partial charge in [-0.2, -0.15) is 0 Å². The SMILES string of the molecule is CC(C)C[C@H](NC(=O)[C@@H](N)C(C)C)C(=O)N[C@@H](Cc1c[nH]c2ccccc12)C(=O)O. The minimum Gasteiger partial charge on any atom is -0.480 e. The molecule has 8 nitrogen and oxygen atoms in total. The fourth-order valence-electron chi connectivity index (χ4n) is 3.27. The van der Waals surface area contributed by atoms with Gasteiger partial charge < -0.3 is 26.5 Å². The maximum atomic E-state index is 12.9. The summed E-state index contributed by atoms with van der Waals surface area (Å²) in [4.78, 5) is 40.2. The fraction of sp³-hybridized carbons (Fsp3) is 0.500. The number of nitrogens with two attached hydrogens (primary N) is 1. The highest BCUT2D eigenvalue weighted by Crippen LogP contribution is 2.19. The number of aromatic nitrogens is 1. The zero-order chi connectivity index (χ0) is 22.4. The van der Waals surface area contributed by atoms with Crippen molar-refractivity contribution in [1.82, 2.24) is 15.6 Å². The van der Waals surface area contributed by atoms with Gasteiger partial charge in [-0.05, 0) is 29.9 Å². The van der Waals surface area contributed by atoms with Crippen molar-refractivity contribution in [3.63, 3.8) is 0 Å². The van der Waals surface area contributed by atoms with Gasteiger partial charge in [0.25, 0.3) is 0 Å². The predicted molar refractivity (Wildman–Crippen MR) is 116 cm³/mol. The molecule has 30 heavy (non-hydrogen) atoms. The van der Waals surface area contributed by atoms with Crippen LogP contribution in [0.3, 0.4) is 0 Å². The summed E-state index contributed by atoms with van der Waals surface area (Å²) in [7, 11) is 0. The number of amides is 2. The number of fused-ring (bicyclic) bond motifs is 1. The van der Waals surface area contributed by atoms with Gasteiger partial charge in [-0.25, -0.2) is 4.79 Å². The molecule has 0 unspecified atom stereocenters. The van der Waals surface area contributed by atoms with Crippen molar-refractivity contribution in [3.05, 3.63) is 36.0 Å². The number of carboxylic acid groups (broad SMARTS) is 1. The maximum absolute atomic E-state index is 12.9. The third kappa shape index (κ3) is 6.06. The second-order valence-corrected chi connectivity index (χ2v) is 8.42. The first-order valence-corrected chi connectivity index (χ1v) is 10.2. The van der Waals surface area contributed by atoms with Crippen LogP contribution in [0.15, 0.2) is 30.5 Å². The van der Waals surface area contributed by atoms with E-state index in [0.29, 0.717) is 6.42 Å². The summed E-state index contributed by atoms with van der Waals surface area (Å²) in [5, 5.41) is 15.9. The first-order valence-electron chi connectivity index (χ1n) is 10.2. The van der Waals surface area contributed by atoms with Gasteiger partial charge in [-0.3, -0.25) is 9.59 Å². The van der Waals surface area contributed by atoms with Gasteiger partial charge in [0.05, 0.1) is 6.04 Å². The average Bonchev–Trinajstić information content (AvgIpc) is 3.08. The largest absolute Gasteiger partial charge is 0.480 e. The second-order valence-electron chi connectivity index (χ2n) is 8.42. The van der Waals surface area contributed by atoms with Crippen LogP contribution in [-0.4, -0.2) is 46.0 Å². The van der Waals surface area contributed by atoms with Gasteiger partial charge in [-0.1, -0.05) is 45.9 Å². The highest BCUT2D eigenvalue weighted by atomic mass is 16.4. The van der Waals surface area contributed by atoms with Crippen LogP contribution in [0, 0.1) is 11.8 Å². The lowest BCUT2D eigenvalue weighted by molar-refractivity contribution is -0.142. The Kier molecular flexibility index (Phi) is 8.00. The molecule has 164 valence electrons. The molecule has 0 bridgehead atoms. The van der Waals surface area contributed by atoms with Crippen LogP contribution in [0.25, 0.3) is 10.9 Å². The summed E-state index contributed by atoms with van der Waals surface area (Å²) in [6.45, 7) is 7.50. The van der Waals surface area contributed by atoms with Crippen molar-refractivity contribution in [2.45, 2.75) is 58.7 Å². The molecule has 0 saturated carbocycles. The maximum Gasteiger partial charge on any atom is 0.326 e. The number of carbonyl (C=O) groups excluding carboxylic acids is 2. The zero-order valence-corrected chi connectivity index (χ0v) is 17.9. The molecule has 2 rings (SSSR count). The molecule has 0 saturated heterocycles. The Hall–Kier alpha value is -2.87. The van der Waals surface area contributed by atoms with Crippen molar-refractivity contribution in [2.75, 3.05) is 0 Å². The van der Waals surface area contributed by atoms with Crippen molar-refractivity contribution in [2.24, 2.45) is 17.6 Å². The highest BCUT2D eigenvalue weighted by molar-refractivity contribution is 5.92. The Morgan fingerprint density at radius 1 is 1.03 bits per heavy atom. The summed E-state index contributed by atoms with van der Waals surface area (Å²) < 4.78 is 0. The predicted octanol–water partition coefficient (Wildman–Crippen LogP) is 1.79. The first kappa shape index (κ1) is 23.4. The molecule has 2 aromatic rings. The molecule has 2 amide bonds. The topological polar surface area (TPSA) is 137 Å². The molecule has 0 fully saturated rings.